The Labute approximate surface area is 121 Å². The molecule has 1 unspecified atom stereocenters. The van der Waals surface area contributed by atoms with Gasteiger partial charge >= 0.3 is 0 Å². The Morgan fingerprint density at radius 1 is 1.00 bits per heavy atom. The van der Waals surface area contributed by atoms with Gasteiger partial charge in [-0.15, -0.1) is 0 Å². The summed E-state index contributed by atoms with van der Waals surface area (Å²) in [6, 6.07) is 18.9. The van der Waals surface area contributed by atoms with Gasteiger partial charge in [-0.3, -0.25) is 0 Å². The molecule has 106 valence electrons. The van der Waals surface area contributed by atoms with Crippen LogP contribution in [0.5, 0.6) is 5.75 Å². The van der Waals surface area contributed by atoms with E-state index >= 15 is 0 Å². The van der Waals surface area contributed by atoms with Crippen LogP contribution in [0.1, 0.15) is 30.4 Å². The van der Waals surface area contributed by atoms with Crippen LogP contribution in [-0.4, -0.2) is 13.2 Å². The molecule has 2 aromatic carbocycles. The van der Waals surface area contributed by atoms with Crippen molar-refractivity contribution >= 4 is 0 Å². The lowest BCUT2D eigenvalue weighted by Gasteiger charge is -2.16. The number of benzene rings is 2. The molecule has 0 amide bonds. The fourth-order valence-electron chi connectivity index (χ4n) is 2.41. The van der Waals surface area contributed by atoms with Crippen LogP contribution in [0.25, 0.3) is 0 Å². The average Bonchev–Trinajstić information content (AvgIpc) is 2.51. The minimum atomic E-state index is 0.408. The Morgan fingerprint density at radius 2 is 1.70 bits per heavy atom. The second-order valence-electron chi connectivity index (χ2n) is 4.96. The monoisotopic (exact) mass is 269 g/mol. The van der Waals surface area contributed by atoms with Gasteiger partial charge in [-0.1, -0.05) is 42.5 Å². The molecule has 0 aliphatic heterocycles. The molecule has 2 rings (SSSR count). The lowest BCUT2D eigenvalue weighted by Crippen LogP contribution is -2.13. The van der Waals surface area contributed by atoms with Crippen LogP contribution in [0.15, 0.2) is 54.6 Å². The van der Waals surface area contributed by atoms with Crippen LogP contribution in [0.3, 0.4) is 0 Å². The Morgan fingerprint density at radius 3 is 2.30 bits per heavy atom. The number of hydrogen-bond acceptors (Lipinski definition) is 2. The summed E-state index contributed by atoms with van der Waals surface area (Å²) in [6.07, 6.45) is 2.14. The van der Waals surface area contributed by atoms with Gasteiger partial charge in [0, 0.05) is 0 Å². The number of aryl methyl sites for hydroxylation is 1. The van der Waals surface area contributed by atoms with Gasteiger partial charge < -0.3 is 10.5 Å². The van der Waals surface area contributed by atoms with Crippen LogP contribution in [-0.2, 0) is 6.42 Å². The summed E-state index contributed by atoms with van der Waals surface area (Å²) in [5, 5.41) is 0. The maximum Gasteiger partial charge on any atom is 0.119 e. The molecule has 2 N–H and O–H groups in total. The normalized spacial score (nSPS) is 12.1. The van der Waals surface area contributed by atoms with Gasteiger partial charge in [-0.2, -0.15) is 0 Å². The molecular formula is C18H23NO. The first-order valence-corrected chi connectivity index (χ1v) is 7.30. The van der Waals surface area contributed by atoms with E-state index in [-0.39, 0.29) is 0 Å². The molecule has 2 nitrogen and oxygen atoms in total. The quantitative estimate of drug-likeness (QED) is 0.830. The van der Waals surface area contributed by atoms with E-state index in [1.54, 1.807) is 0 Å². The average molecular weight is 269 g/mol. The molecule has 0 spiro atoms. The van der Waals surface area contributed by atoms with Gasteiger partial charge in [-0.05, 0) is 55.5 Å². The SMILES string of the molecule is CCOc1ccc(C(CN)CCc2ccccc2)cc1. The van der Waals surface area contributed by atoms with Gasteiger partial charge in [0.2, 0.25) is 0 Å². The number of hydrogen-bond donors (Lipinski definition) is 1. The van der Waals surface area contributed by atoms with E-state index in [1.165, 1.54) is 11.1 Å². The highest BCUT2D eigenvalue weighted by atomic mass is 16.5. The second-order valence-corrected chi connectivity index (χ2v) is 4.96. The summed E-state index contributed by atoms with van der Waals surface area (Å²) in [5.41, 5.74) is 8.60. The molecule has 0 aromatic heterocycles. The van der Waals surface area contributed by atoms with E-state index in [2.05, 4.69) is 42.5 Å². The van der Waals surface area contributed by atoms with Crippen molar-refractivity contribution in [3.05, 3.63) is 65.7 Å². The zero-order chi connectivity index (χ0) is 14.2. The van der Waals surface area contributed by atoms with E-state index in [9.17, 15) is 0 Å². The molecule has 0 aliphatic carbocycles. The van der Waals surface area contributed by atoms with Crippen LogP contribution in [0.4, 0.5) is 0 Å². The molecule has 0 fully saturated rings. The summed E-state index contributed by atoms with van der Waals surface area (Å²) in [5.74, 6) is 1.33. The van der Waals surface area contributed by atoms with E-state index in [0.29, 0.717) is 19.1 Å². The number of rotatable bonds is 7. The van der Waals surface area contributed by atoms with E-state index in [1.807, 2.05) is 19.1 Å². The summed E-state index contributed by atoms with van der Waals surface area (Å²) < 4.78 is 5.47. The summed E-state index contributed by atoms with van der Waals surface area (Å²) >= 11 is 0. The van der Waals surface area contributed by atoms with E-state index < -0.39 is 0 Å². The number of ether oxygens (including phenoxy) is 1. The molecule has 0 saturated carbocycles. The molecular weight excluding hydrogens is 246 g/mol. The molecule has 2 heteroatoms. The molecule has 2 aromatic rings. The molecule has 0 bridgehead atoms. The van der Waals surface area contributed by atoms with Crippen molar-refractivity contribution in [1.82, 2.24) is 0 Å². The van der Waals surface area contributed by atoms with Gasteiger partial charge in [0.1, 0.15) is 5.75 Å². The van der Waals surface area contributed by atoms with Crippen molar-refractivity contribution in [1.29, 1.82) is 0 Å². The Hall–Kier alpha value is -1.80. The van der Waals surface area contributed by atoms with Crippen LogP contribution in [0, 0.1) is 0 Å². The molecule has 0 heterocycles. The zero-order valence-corrected chi connectivity index (χ0v) is 12.1. The van der Waals surface area contributed by atoms with Gasteiger partial charge in [0.15, 0.2) is 0 Å². The minimum absolute atomic E-state index is 0.408. The fraction of sp³-hybridized carbons (Fsp3) is 0.333. The van der Waals surface area contributed by atoms with Gasteiger partial charge in [-0.25, -0.2) is 0 Å². The highest BCUT2D eigenvalue weighted by Gasteiger charge is 2.10. The molecule has 20 heavy (non-hydrogen) atoms. The second kappa shape index (κ2) is 7.71. The van der Waals surface area contributed by atoms with Gasteiger partial charge in [0.05, 0.1) is 6.61 Å². The lowest BCUT2D eigenvalue weighted by atomic mass is 9.92. The van der Waals surface area contributed by atoms with Crippen LogP contribution >= 0.6 is 0 Å². The molecule has 1 atom stereocenters. The van der Waals surface area contributed by atoms with Crippen molar-refractivity contribution in [2.75, 3.05) is 13.2 Å². The van der Waals surface area contributed by atoms with Crippen LogP contribution < -0.4 is 10.5 Å². The maximum atomic E-state index is 5.93. The zero-order valence-electron chi connectivity index (χ0n) is 12.1. The molecule has 0 radical (unpaired) electrons. The molecule has 0 aliphatic rings. The first kappa shape index (κ1) is 14.6. The van der Waals surface area contributed by atoms with Crippen molar-refractivity contribution < 1.29 is 4.74 Å². The standard InChI is InChI=1S/C18H23NO/c1-2-20-18-12-10-16(11-13-18)17(14-19)9-8-15-6-4-3-5-7-15/h3-7,10-13,17H,2,8-9,14,19H2,1H3. The topological polar surface area (TPSA) is 35.2 Å². The smallest absolute Gasteiger partial charge is 0.119 e. The lowest BCUT2D eigenvalue weighted by molar-refractivity contribution is 0.340. The summed E-state index contributed by atoms with van der Waals surface area (Å²) in [7, 11) is 0. The highest BCUT2D eigenvalue weighted by molar-refractivity contribution is 5.30. The predicted molar refractivity (Wildman–Crippen MR) is 84.2 cm³/mol. The third-order valence-corrected chi connectivity index (χ3v) is 3.57. The maximum absolute atomic E-state index is 5.93. The van der Waals surface area contributed by atoms with E-state index in [0.717, 1.165) is 18.6 Å². The Balaban J connectivity index is 1.97. The van der Waals surface area contributed by atoms with Gasteiger partial charge in [0.25, 0.3) is 0 Å². The van der Waals surface area contributed by atoms with Crippen molar-refractivity contribution in [2.24, 2.45) is 5.73 Å². The Kier molecular flexibility index (Phi) is 5.63. The largest absolute Gasteiger partial charge is 0.494 e. The third-order valence-electron chi connectivity index (χ3n) is 3.57. The van der Waals surface area contributed by atoms with E-state index in [4.69, 9.17) is 10.5 Å². The minimum Gasteiger partial charge on any atom is -0.494 e. The third kappa shape index (κ3) is 4.10. The van der Waals surface area contributed by atoms with Crippen LogP contribution in [0.2, 0.25) is 0 Å². The first-order valence-electron chi connectivity index (χ1n) is 7.30. The Bertz CT molecular complexity index is 493. The number of nitrogens with two attached hydrogens (primary N) is 1. The molecule has 0 saturated heterocycles. The summed E-state index contributed by atoms with van der Waals surface area (Å²) in [4.78, 5) is 0. The first-order chi connectivity index (χ1) is 9.83. The van der Waals surface area contributed by atoms with Crippen molar-refractivity contribution in [3.8, 4) is 5.75 Å². The van der Waals surface area contributed by atoms with Crippen molar-refractivity contribution in [2.45, 2.75) is 25.7 Å². The summed E-state index contributed by atoms with van der Waals surface area (Å²) in [6.45, 7) is 3.38. The van der Waals surface area contributed by atoms with Crippen molar-refractivity contribution in [3.63, 3.8) is 0 Å². The fourth-order valence-corrected chi connectivity index (χ4v) is 2.41. The predicted octanol–water partition coefficient (Wildman–Crippen LogP) is 3.76. The highest BCUT2D eigenvalue weighted by Crippen LogP contribution is 2.23.